The van der Waals surface area contributed by atoms with Crippen LogP contribution in [0.15, 0.2) is 29.3 Å². The van der Waals surface area contributed by atoms with Gasteiger partial charge in [0.25, 0.3) is 0 Å². The van der Waals surface area contributed by atoms with Crippen LogP contribution < -0.4 is 32.7 Å². The molecule has 12 nitrogen and oxygen atoms in total. The molecule has 1 aromatic carbocycles. The van der Waals surface area contributed by atoms with Gasteiger partial charge in [-0.15, -0.1) is 0 Å². The molecule has 9 N–H and O–H groups in total. The molecule has 0 saturated carbocycles. The summed E-state index contributed by atoms with van der Waals surface area (Å²) in [6.07, 6.45) is 1.33. The summed E-state index contributed by atoms with van der Waals surface area (Å²) in [5, 5.41) is 20.1. The van der Waals surface area contributed by atoms with Crippen LogP contribution in [-0.4, -0.2) is 65.9 Å². The first-order valence-electron chi connectivity index (χ1n) is 11.6. The van der Waals surface area contributed by atoms with Crippen LogP contribution in [0.1, 0.15) is 38.7 Å². The van der Waals surface area contributed by atoms with Gasteiger partial charge in [-0.05, 0) is 36.5 Å². The number of nitrogens with zero attached hydrogens (tertiary/aromatic N) is 1. The highest BCUT2D eigenvalue weighted by molar-refractivity contribution is 5.96. The predicted molar refractivity (Wildman–Crippen MR) is 130 cm³/mol. The number of phenolic OH excluding ortho intramolecular Hbond substituents is 1. The van der Waals surface area contributed by atoms with Crippen molar-refractivity contribution in [1.29, 1.82) is 0 Å². The Morgan fingerprint density at radius 1 is 1.03 bits per heavy atom. The molecule has 35 heavy (non-hydrogen) atoms. The summed E-state index contributed by atoms with van der Waals surface area (Å²) in [6.45, 7) is 3.61. The molecule has 4 atom stereocenters. The number of amides is 4. The van der Waals surface area contributed by atoms with Gasteiger partial charge in [0, 0.05) is 13.0 Å². The Balaban J connectivity index is 2.30. The maximum atomic E-state index is 13.2. The van der Waals surface area contributed by atoms with Crippen molar-refractivity contribution < 1.29 is 24.3 Å². The minimum atomic E-state index is -1.01. The molecule has 12 heteroatoms. The summed E-state index contributed by atoms with van der Waals surface area (Å²) < 4.78 is 0. The van der Waals surface area contributed by atoms with Gasteiger partial charge in [-0.1, -0.05) is 32.4 Å². The third-order valence-corrected chi connectivity index (χ3v) is 5.82. The van der Waals surface area contributed by atoms with E-state index in [0.717, 1.165) is 0 Å². The van der Waals surface area contributed by atoms with E-state index in [2.05, 4.69) is 26.3 Å². The number of carbonyl (C=O) groups is 4. The molecule has 0 unspecified atom stereocenters. The molecule has 1 saturated heterocycles. The van der Waals surface area contributed by atoms with Gasteiger partial charge in [0.05, 0.1) is 6.54 Å². The average molecular weight is 490 g/mol. The van der Waals surface area contributed by atoms with Crippen LogP contribution in [0.2, 0.25) is 0 Å². The molecular weight excluding hydrogens is 454 g/mol. The highest BCUT2D eigenvalue weighted by atomic mass is 16.3. The number of benzene rings is 1. The number of nitrogens with two attached hydrogens (primary N) is 2. The van der Waals surface area contributed by atoms with Gasteiger partial charge in [0.1, 0.15) is 23.9 Å². The van der Waals surface area contributed by atoms with Gasteiger partial charge >= 0.3 is 0 Å². The lowest BCUT2D eigenvalue weighted by Gasteiger charge is -2.29. The quantitative estimate of drug-likeness (QED) is 0.132. The summed E-state index contributed by atoms with van der Waals surface area (Å²) in [6, 6.07) is 3.34. The smallest absolute Gasteiger partial charge is 0.243 e. The zero-order valence-corrected chi connectivity index (χ0v) is 20.0. The van der Waals surface area contributed by atoms with E-state index in [1.54, 1.807) is 12.1 Å². The molecule has 1 fully saturated rings. The number of nitrogens with one attached hydrogen (secondary N) is 4. The van der Waals surface area contributed by atoms with E-state index < -0.39 is 41.8 Å². The molecule has 0 radical (unpaired) electrons. The fraction of sp³-hybridized carbons (Fsp3) is 0.522. The van der Waals surface area contributed by atoms with Crippen molar-refractivity contribution in [2.75, 3.05) is 13.1 Å². The lowest BCUT2D eigenvalue weighted by Crippen LogP contribution is -2.60. The molecular formula is C23H35N7O5. The highest BCUT2D eigenvalue weighted by Crippen LogP contribution is 2.13. The van der Waals surface area contributed by atoms with Gasteiger partial charge in [-0.3, -0.25) is 24.2 Å². The van der Waals surface area contributed by atoms with Crippen molar-refractivity contribution in [3.63, 3.8) is 0 Å². The van der Waals surface area contributed by atoms with E-state index in [1.165, 1.54) is 12.1 Å². The first-order chi connectivity index (χ1) is 16.6. The van der Waals surface area contributed by atoms with Crippen LogP contribution in [0.25, 0.3) is 0 Å². The van der Waals surface area contributed by atoms with Crippen molar-refractivity contribution in [2.24, 2.45) is 22.4 Å². The maximum Gasteiger partial charge on any atom is 0.243 e. The fourth-order valence-electron chi connectivity index (χ4n) is 3.60. The van der Waals surface area contributed by atoms with Crippen molar-refractivity contribution in [3.8, 4) is 5.75 Å². The largest absolute Gasteiger partial charge is 0.508 e. The molecule has 0 spiro atoms. The van der Waals surface area contributed by atoms with E-state index in [0.29, 0.717) is 18.4 Å². The Bertz CT molecular complexity index is 931. The highest BCUT2D eigenvalue weighted by Gasteiger charge is 2.32. The Morgan fingerprint density at radius 3 is 2.31 bits per heavy atom. The molecule has 1 aliphatic rings. The molecule has 0 bridgehead atoms. The van der Waals surface area contributed by atoms with Gasteiger partial charge in [0.2, 0.25) is 23.6 Å². The molecule has 192 valence electrons. The zero-order chi connectivity index (χ0) is 26.0. The van der Waals surface area contributed by atoms with E-state index in [4.69, 9.17) is 11.5 Å². The number of carbonyl (C=O) groups excluding carboxylic acids is 4. The lowest BCUT2D eigenvalue weighted by molar-refractivity contribution is -0.136. The van der Waals surface area contributed by atoms with Crippen LogP contribution in [0, 0.1) is 5.92 Å². The molecule has 1 heterocycles. The number of aliphatic imine (C=N–C) groups is 1. The summed E-state index contributed by atoms with van der Waals surface area (Å²) in [5.74, 6) is -2.32. The van der Waals surface area contributed by atoms with Crippen molar-refractivity contribution in [1.82, 2.24) is 21.3 Å². The van der Waals surface area contributed by atoms with Crippen LogP contribution in [-0.2, 0) is 25.6 Å². The minimum Gasteiger partial charge on any atom is -0.508 e. The first-order valence-corrected chi connectivity index (χ1v) is 11.6. The van der Waals surface area contributed by atoms with Crippen LogP contribution in [0.4, 0.5) is 0 Å². The Kier molecular flexibility index (Phi) is 10.3. The second-order valence-corrected chi connectivity index (χ2v) is 8.59. The topological polar surface area (TPSA) is 201 Å². The normalized spacial score (nSPS) is 22.4. The maximum absolute atomic E-state index is 13.2. The number of phenols is 1. The standard InChI is InChI=1S/C23H35N7O5/c1-3-13(2)19-22(35)28-16(5-4-10-26-23(24)25)21(34)29-17(20(33)27-12-18(32)30-19)11-14-6-8-15(31)9-7-14/h6-9,13,16-17,19,31H,3-5,10-12H2,1-2H3,(H,27,33)(H,28,35)(H,29,34)(H,30,32)(H4,24,25,26)/t13-,16-,17-,19-/m0/s1. The molecule has 4 amide bonds. The van der Waals surface area contributed by atoms with E-state index in [-0.39, 0.29) is 43.6 Å². The fourth-order valence-corrected chi connectivity index (χ4v) is 3.60. The van der Waals surface area contributed by atoms with Crippen molar-refractivity contribution >= 4 is 29.6 Å². The molecule has 1 aromatic rings. The monoisotopic (exact) mass is 489 g/mol. The van der Waals surface area contributed by atoms with E-state index >= 15 is 0 Å². The van der Waals surface area contributed by atoms with E-state index in [1.807, 2.05) is 13.8 Å². The molecule has 0 aromatic heterocycles. The molecule has 0 aliphatic carbocycles. The summed E-state index contributed by atoms with van der Waals surface area (Å²) in [5.41, 5.74) is 11.4. The second-order valence-electron chi connectivity index (χ2n) is 8.59. The lowest BCUT2D eigenvalue weighted by atomic mass is 9.97. The predicted octanol–water partition coefficient (Wildman–Crippen LogP) is -1.38. The molecule has 2 rings (SSSR count). The van der Waals surface area contributed by atoms with Crippen LogP contribution in [0.5, 0.6) is 5.75 Å². The zero-order valence-electron chi connectivity index (χ0n) is 20.0. The number of aromatic hydroxyl groups is 1. The number of guanidine groups is 1. The third kappa shape index (κ3) is 8.80. The molecule has 1 aliphatic heterocycles. The van der Waals surface area contributed by atoms with Gasteiger partial charge in [0.15, 0.2) is 5.96 Å². The van der Waals surface area contributed by atoms with Crippen molar-refractivity contribution in [2.45, 2.75) is 57.7 Å². The number of rotatable bonds is 8. The van der Waals surface area contributed by atoms with Gasteiger partial charge < -0.3 is 37.8 Å². The second kappa shape index (κ2) is 13.2. The average Bonchev–Trinajstić information content (AvgIpc) is 2.82. The van der Waals surface area contributed by atoms with Gasteiger partial charge in [-0.25, -0.2) is 0 Å². The van der Waals surface area contributed by atoms with Gasteiger partial charge in [-0.2, -0.15) is 0 Å². The van der Waals surface area contributed by atoms with E-state index in [9.17, 15) is 24.3 Å². The number of hydrogen-bond donors (Lipinski definition) is 7. The first kappa shape index (κ1) is 27.4. The summed E-state index contributed by atoms with van der Waals surface area (Å²) in [7, 11) is 0. The SMILES string of the molecule is CC[C@H](C)[C@@H]1NC(=O)CNC(=O)[C@H](Cc2ccc(O)cc2)NC(=O)[C@H](CCCN=C(N)N)NC1=O. The third-order valence-electron chi connectivity index (χ3n) is 5.82. The Hall–Kier alpha value is -3.83. The van der Waals surface area contributed by atoms with Crippen molar-refractivity contribution in [3.05, 3.63) is 29.8 Å². The minimum absolute atomic E-state index is 0.0667. The summed E-state index contributed by atoms with van der Waals surface area (Å²) >= 11 is 0. The van der Waals surface area contributed by atoms with Crippen LogP contribution in [0.3, 0.4) is 0 Å². The Labute approximate surface area is 204 Å². The number of hydrogen-bond acceptors (Lipinski definition) is 6. The summed E-state index contributed by atoms with van der Waals surface area (Å²) in [4.78, 5) is 55.5. The Morgan fingerprint density at radius 2 is 1.69 bits per heavy atom. The van der Waals surface area contributed by atoms with Crippen LogP contribution >= 0.6 is 0 Å².